The van der Waals surface area contributed by atoms with Gasteiger partial charge in [-0.05, 0) is 53.9 Å². The molecule has 0 saturated carbocycles. The quantitative estimate of drug-likeness (QED) is 0.421. The highest BCUT2D eigenvalue weighted by Crippen LogP contribution is 2.32. The molecule has 0 saturated heterocycles. The zero-order valence-electron chi connectivity index (χ0n) is 12.1. The Morgan fingerprint density at radius 3 is 2.78 bits per heavy atom. The number of rotatable bonds is 4. The van der Waals surface area contributed by atoms with Crippen LogP contribution in [0.25, 0.3) is 11.0 Å². The van der Waals surface area contributed by atoms with Crippen LogP contribution in [0, 0.1) is 11.8 Å². The summed E-state index contributed by atoms with van der Waals surface area (Å²) in [5, 5.41) is 13.1. The first-order valence-electron chi connectivity index (χ1n) is 6.72. The van der Waals surface area contributed by atoms with E-state index >= 15 is 0 Å². The third kappa shape index (κ3) is 2.91. The van der Waals surface area contributed by atoms with E-state index in [9.17, 15) is 14.8 Å². The number of phenolic OH excluding ortho intramolecular Hbond substituents is 1. The summed E-state index contributed by atoms with van der Waals surface area (Å²) < 4.78 is 8.15. The predicted octanol–water partition coefficient (Wildman–Crippen LogP) is 4.32. The lowest BCUT2D eigenvalue weighted by Crippen LogP contribution is -2.08. The highest BCUT2D eigenvalue weighted by molar-refractivity contribution is 8.00. The Balaban J connectivity index is 1.99. The Bertz CT molecular complexity index is 952. The van der Waals surface area contributed by atoms with Gasteiger partial charge in [0.05, 0.1) is 4.90 Å². The molecule has 0 spiro atoms. The summed E-state index contributed by atoms with van der Waals surface area (Å²) in [5.74, 6) is 0.0288. The van der Waals surface area contributed by atoms with Crippen molar-refractivity contribution < 1.29 is 9.52 Å². The summed E-state index contributed by atoms with van der Waals surface area (Å²) >= 11 is 1.11. The third-order valence-electron chi connectivity index (χ3n) is 3.38. The largest absolute Gasteiger partial charge is 0.508 e. The standard InChI is InChI=1S/C16H12N2O4S/c1-9-11-7-6-10(19)8-13(11)22-16(20)15(9)18-23-14-5-3-2-4-12(14)17-21/h2-8,18-19H,1H3. The minimum atomic E-state index is -0.551. The number of hydrogen-bond donors (Lipinski definition) is 2. The van der Waals surface area contributed by atoms with Gasteiger partial charge in [0.25, 0.3) is 0 Å². The zero-order chi connectivity index (χ0) is 16.4. The lowest BCUT2D eigenvalue weighted by molar-refractivity contribution is 0.473. The molecule has 0 amide bonds. The van der Waals surface area contributed by atoms with Crippen molar-refractivity contribution in [2.24, 2.45) is 5.18 Å². The van der Waals surface area contributed by atoms with E-state index in [1.807, 2.05) is 0 Å². The molecule has 116 valence electrons. The Morgan fingerprint density at radius 1 is 1.22 bits per heavy atom. The van der Waals surface area contributed by atoms with E-state index in [0.717, 1.165) is 11.9 Å². The third-order valence-corrected chi connectivity index (χ3v) is 4.25. The van der Waals surface area contributed by atoms with Crippen molar-refractivity contribution in [2.75, 3.05) is 4.72 Å². The van der Waals surface area contributed by atoms with Crippen molar-refractivity contribution in [3.8, 4) is 5.75 Å². The molecule has 2 N–H and O–H groups in total. The van der Waals surface area contributed by atoms with Gasteiger partial charge < -0.3 is 14.2 Å². The number of nitrogens with one attached hydrogen (secondary N) is 1. The fraction of sp³-hybridized carbons (Fsp3) is 0.0625. The lowest BCUT2D eigenvalue weighted by atomic mass is 10.1. The average molecular weight is 328 g/mol. The van der Waals surface area contributed by atoms with E-state index < -0.39 is 5.63 Å². The normalized spacial score (nSPS) is 10.7. The summed E-state index contributed by atoms with van der Waals surface area (Å²) in [6, 6.07) is 11.4. The maximum atomic E-state index is 12.1. The van der Waals surface area contributed by atoms with Crippen molar-refractivity contribution in [1.29, 1.82) is 0 Å². The maximum Gasteiger partial charge on any atom is 0.360 e. The van der Waals surface area contributed by atoms with Crippen LogP contribution in [-0.4, -0.2) is 5.11 Å². The van der Waals surface area contributed by atoms with Crippen LogP contribution in [0.15, 0.2) is 61.7 Å². The Labute approximate surface area is 135 Å². The van der Waals surface area contributed by atoms with Gasteiger partial charge in [-0.15, -0.1) is 4.91 Å². The lowest BCUT2D eigenvalue weighted by Gasteiger charge is -2.10. The first-order valence-corrected chi connectivity index (χ1v) is 7.53. The van der Waals surface area contributed by atoms with Gasteiger partial charge in [-0.25, -0.2) is 4.79 Å². The minimum Gasteiger partial charge on any atom is -0.508 e. The molecule has 0 unspecified atom stereocenters. The Hall–Kier alpha value is -2.80. The number of benzene rings is 2. The molecule has 7 heteroatoms. The number of aromatic hydroxyl groups is 1. The molecule has 3 aromatic rings. The SMILES string of the molecule is Cc1c(NSc2ccccc2N=O)c(=O)oc2cc(O)ccc12. The molecule has 0 radical (unpaired) electrons. The molecule has 6 nitrogen and oxygen atoms in total. The molecule has 0 aliphatic carbocycles. The van der Waals surface area contributed by atoms with Gasteiger partial charge in [0.1, 0.15) is 22.7 Å². The number of nitrogens with zero attached hydrogens (tertiary/aromatic N) is 1. The highest BCUT2D eigenvalue weighted by atomic mass is 32.2. The molecule has 0 aliphatic heterocycles. The van der Waals surface area contributed by atoms with E-state index in [1.54, 1.807) is 37.3 Å². The van der Waals surface area contributed by atoms with Crippen LogP contribution in [0.4, 0.5) is 11.4 Å². The highest BCUT2D eigenvalue weighted by Gasteiger charge is 2.13. The number of anilines is 1. The van der Waals surface area contributed by atoms with E-state index in [0.29, 0.717) is 21.4 Å². The monoisotopic (exact) mass is 328 g/mol. The topological polar surface area (TPSA) is 91.9 Å². The maximum absolute atomic E-state index is 12.1. The summed E-state index contributed by atoms with van der Waals surface area (Å²) in [6.07, 6.45) is 0. The fourth-order valence-electron chi connectivity index (χ4n) is 2.19. The van der Waals surface area contributed by atoms with Crippen molar-refractivity contribution in [1.82, 2.24) is 0 Å². The van der Waals surface area contributed by atoms with Gasteiger partial charge in [-0.2, -0.15) is 0 Å². The minimum absolute atomic E-state index is 0.0288. The molecule has 0 fully saturated rings. The van der Waals surface area contributed by atoms with E-state index in [4.69, 9.17) is 4.42 Å². The molecule has 0 atom stereocenters. The second-order valence-corrected chi connectivity index (χ2v) is 5.68. The number of aryl methyl sites for hydroxylation is 1. The number of hydrogen-bond acceptors (Lipinski definition) is 7. The molecule has 0 bridgehead atoms. The molecule has 3 rings (SSSR count). The van der Waals surface area contributed by atoms with E-state index in [-0.39, 0.29) is 17.1 Å². The second kappa shape index (κ2) is 6.13. The van der Waals surface area contributed by atoms with Gasteiger partial charge in [-0.3, -0.25) is 0 Å². The Kier molecular flexibility index (Phi) is 4.03. The molecular formula is C16H12N2O4S. The van der Waals surface area contributed by atoms with E-state index in [2.05, 4.69) is 9.90 Å². The predicted molar refractivity (Wildman–Crippen MR) is 90.3 cm³/mol. The van der Waals surface area contributed by atoms with Crippen LogP contribution < -0.4 is 10.3 Å². The van der Waals surface area contributed by atoms with Gasteiger partial charge in [0.15, 0.2) is 0 Å². The first-order chi connectivity index (χ1) is 11.1. The van der Waals surface area contributed by atoms with Crippen LogP contribution in [0.1, 0.15) is 5.56 Å². The van der Waals surface area contributed by atoms with Crippen LogP contribution in [-0.2, 0) is 0 Å². The Morgan fingerprint density at radius 2 is 2.00 bits per heavy atom. The van der Waals surface area contributed by atoms with Crippen LogP contribution >= 0.6 is 11.9 Å². The molecular weight excluding hydrogens is 316 g/mol. The molecule has 23 heavy (non-hydrogen) atoms. The van der Waals surface area contributed by atoms with Gasteiger partial charge in [0, 0.05) is 11.5 Å². The summed E-state index contributed by atoms with van der Waals surface area (Å²) in [6.45, 7) is 1.78. The summed E-state index contributed by atoms with van der Waals surface area (Å²) in [5.41, 5.74) is 1.04. The molecule has 2 aromatic carbocycles. The molecule has 1 heterocycles. The van der Waals surface area contributed by atoms with Crippen LogP contribution in [0.5, 0.6) is 5.75 Å². The van der Waals surface area contributed by atoms with Gasteiger partial charge in [0.2, 0.25) is 0 Å². The number of fused-ring (bicyclic) bond motifs is 1. The first kappa shape index (κ1) is 15.1. The summed E-state index contributed by atoms with van der Waals surface area (Å²) in [7, 11) is 0. The summed E-state index contributed by atoms with van der Waals surface area (Å²) in [4.78, 5) is 23.5. The van der Waals surface area contributed by atoms with Crippen molar-refractivity contribution in [3.63, 3.8) is 0 Å². The number of nitroso groups, excluding NO2 is 1. The smallest absolute Gasteiger partial charge is 0.360 e. The van der Waals surface area contributed by atoms with Gasteiger partial charge in [-0.1, -0.05) is 12.1 Å². The second-order valence-electron chi connectivity index (χ2n) is 4.83. The van der Waals surface area contributed by atoms with Crippen molar-refractivity contribution >= 4 is 34.3 Å². The molecule has 1 aromatic heterocycles. The van der Waals surface area contributed by atoms with Crippen LogP contribution in [0.3, 0.4) is 0 Å². The van der Waals surface area contributed by atoms with Crippen molar-refractivity contribution in [3.05, 3.63) is 63.4 Å². The fourth-order valence-corrected chi connectivity index (χ4v) is 2.99. The van der Waals surface area contributed by atoms with Crippen molar-refractivity contribution in [2.45, 2.75) is 11.8 Å². The molecule has 0 aliphatic rings. The van der Waals surface area contributed by atoms with Gasteiger partial charge >= 0.3 is 5.63 Å². The zero-order valence-corrected chi connectivity index (χ0v) is 12.9. The van der Waals surface area contributed by atoms with Crippen LogP contribution in [0.2, 0.25) is 0 Å². The van der Waals surface area contributed by atoms with E-state index in [1.165, 1.54) is 12.1 Å². The average Bonchev–Trinajstić information content (AvgIpc) is 2.54. The number of phenols is 1.